The molecule has 0 spiro atoms. The molecule has 3 aliphatic carbocycles. The molecule has 5 atom stereocenters. The van der Waals surface area contributed by atoms with E-state index in [-0.39, 0.29) is 5.66 Å². The molecule has 14 heavy (non-hydrogen) atoms. The van der Waals surface area contributed by atoms with Gasteiger partial charge in [-0.3, -0.25) is 4.57 Å². The third kappa shape index (κ3) is 1.09. The summed E-state index contributed by atoms with van der Waals surface area (Å²) in [5.74, 6) is 2.04. The van der Waals surface area contributed by atoms with Gasteiger partial charge in [0.2, 0.25) is 0 Å². The standard InChI is InChI=1S/C10H15O3P/c11-14(12,13)10-5-6-4-9(10)8-3-1-2-7(6)8/h1-2,6-10H,3-5H2,(H2,11,12,13). The Hall–Kier alpha value is -0.110. The Balaban J connectivity index is 1.89. The summed E-state index contributed by atoms with van der Waals surface area (Å²) in [4.78, 5) is 18.5. The fourth-order valence-electron chi connectivity index (χ4n) is 3.91. The van der Waals surface area contributed by atoms with Crippen molar-refractivity contribution < 1.29 is 14.4 Å². The van der Waals surface area contributed by atoms with Crippen molar-refractivity contribution in [3.8, 4) is 0 Å². The molecule has 0 aromatic rings. The van der Waals surface area contributed by atoms with Crippen LogP contribution in [0.3, 0.4) is 0 Å². The second-order valence-corrected chi connectivity index (χ2v) is 6.80. The highest BCUT2D eigenvalue weighted by Crippen LogP contribution is 2.65. The van der Waals surface area contributed by atoms with Crippen LogP contribution in [0.1, 0.15) is 19.3 Å². The molecule has 0 radical (unpaired) electrons. The molecular formula is C10H15O3P. The van der Waals surface area contributed by atoms with Crippen LogP contribution in [0.4, 0.5) is 0 Å². The minimum absolute atomic E-state index is 0.292. The molecule has 0 aromatic heterocycles. The second-order valence-electron chi connectivity index (χ2n) is 4.96. The summed E-state index contributed by atoms with van der Waals surface area (Å²) in [6, 6.07) is 0. The minimum Gasteiger partial charge on any atom is -0.324 e. The van der Waals surface area contributed by atoms with Gasteiger partial charge in [0, 0.05) is 0 Å². The van der Waals surface area contributed by atoms with Crippen molar-refractivity contribution in [3.05, 3.63) is 12.2 Å². The lowest BCUT2D eigenvalue weighted by Gasteiger charge is -2.31. The van der Waals surface area contributed by atoms with Crippen LogP contribution in [-0.4, -0.2) is 15.4 Å². The first kappa shape index (κ1) is 9.14. The van der Waals surface area contributed by atoms with Crippen LogP contribution in [0.2, 0.25) is 0 Å². The zero-order valence-electron chi connectivity index (χ0n) is 7.91. The zero-order valence-corrected chi connectivity index (χ0v) is 8.81. The van der Waals surface area contributed by atoms with Crippen LogP contribution in [0.15, 0.2) is 12.2 Å². The Bertz CT molecular complexity index is 332. The largest absolute Gasteiger partial charge is 0.328 e. The fourth-order valence-corrected chi connectivity index (χ4v) is 5.30. The van der Waals surface area contributed by atoms with Crippen LogP contribution in [0.5, 0.6) is 0 Å². The monoisotopic (exact) mass is 214 g/mol. The van der Waals surface area contributed by atoms with Crippen LogP contribution >= 0.6 is 7.60 Å². The Morgan fingerprint density at radius 2 is 2.00 bits per heavy atom. The molecule has 3 nitrogen and oxygen atoms in total. The van der Waals surface area contributed by atoms with Gasteiger partial charge in [-0.2, -0.15) is 0 Å². The molecule has 2 saturated carbocycles. The van der Waals surface area contributed by atoms with E-state index < -0.39 is 7.60 Å². The van der Waals surface area contributed by atoms with Crippen LogP contribution in [0, 0.1) is 23.7 Å². The molecule has 78 valence electrons. The normalized spacial score (nSPS) is 50.0. The molecule has 3 aliphatic rings. The number of hydrogen-bond acceptors (Lipinski definition) is 1. The summed E-state index contributed by atoms with van der Waals surface area (Å²) in [5.41, 5.74) is -0.325. The average molecular weight is 214 g/mol. The van der Waals surface area contributed by atoms with Gasteiger partial charge in [-0.15, -0.1) is 0 Å². The summed E-state index contributed by atoms with van der Waals surface area (Å²) < 4.78 is 11.3. The van der Waals surface area contributed by atoms with E-state index in [0.717, 1.165) is 19.3 Å². The summed E-state index contributed by atoms with van der Waals surface area (Å²) in [5, 5.41) is 0. The van der Waals surface area contributed by atoms with Gasteiger partial charge in [0.25, 0.3) is 0 Å². The van der Waals surface area contributed by atoms with Crippen molar-refractivity contribution >= 4 is 7.60 Å². The van der Waals surface area contributed by atoms with E-state index in [1.54, 1.807) is 0 Å². The highest BCUT2D eigenvalue weighted by atomic mass is 31.2. The third-order valence-electron chi connectivity index (χ3n) is 4.40. The van der Waals surface area contributed by atoms with Crippen molar-refractivity contribution in [2.24, 2.45) is 23.7 Å². The van der Waals surface area contributed by atoms with Gasteiger partial charge < -0.3 is 9.79 Å². The summed E-state index contributed by atoms with van der Waals surface area (Å²) >= 11 is 0. The Kier molecular flexibility index (Phi) is 1.77. The Morgan fingerprint density at radius 1 is 1.21 bits per heavy atom. The second kappa shape index (κ2) is 2.72. The third-order valence-corrected chi connectivity index (χ3v) is 5.86. The maximum Gasteiger partial charge on any atom is 0.328 e. The van der Waals surface area contributed by atoms with Gasteiger partial charge in [0.15, 0.2) is 0 Å². The number of allylic oxidation sites excluding steroid dienone is 2. The van der Waals surface area contributed by atoms with Gasteiger partial charge in [0.05, 0.1) is 5.66 Å². The lowest BCUT2D eigenvalue weighted by atomic mass is 9.81. The van der Waals surface area contributed by atoms with E-state index in [2.05, 4.69) is 12.2 Å². The quantitative estimate of drug-likeness (QED) is 0.516. The highest BCUT2D eigenvalue weighted by Gasteiger charge is 2.56. The summed E-state index contributed by atoms with van der Waals surface area (Å²) in [6.07, 6.45) is 7.31. The lowest BCUT2D eigenvalue weighted by molar-refractivity contribution is 0.255. The van der Waals surface area contributed by atoms with Crippen LogP contribution < -0.4 is 0 Å². The molecule has 4 heteroatoms. The van der Waals surface area contributed by atoms with Crippen molar-refractivity contribution in [3.63, 3.8) is 0 Å². The number of rotatable bonds is 1. The number of fused-ring (bicyclic) bond motifs is 5. The van der Waals surface area contributed by atoms with Crippen molar-refractivity contribution in [1.82, 2.24) is 0 Å². The van der Waals surface area contributed by atoms with Gasteiger partial charge in [-0.05, 0) is 42.9 Å². The summed E-state index contributed by atoms with van der Waals surface area (Å²) in [6.45, 7) is 0. The molecule has 2 bridgehead atoms. The van der Waals surface area contributed by atoms with Crippen molar-refractivity contribution in [2.45, 2.75) is 24.9 Å². The minimum atomic E-state index is -3.83. The molecule has 2 N–H and O–H groups in total. The molecule has 2 fully saturated rings. The maximum atomic E-state index is 11.3. The molecule has 0 aliphatic heterocycles. The number of hydrogen-bond donors (Lipinski definition) is 2. The van der Waals surface area contributed by atoms with E-state index in [1.165, 1.54) is 0 Å². The molecule has 0 aromatic carbocycles. The van der Waals surface area contributed by atoms with Gasteiger partial charge in [-0.25, -0.2) is 0 Å². The molecule has 0 saturated heterocycles. The van der Waals surface area contributed by atoms with E-state index in [1.807, 2.05) is 0 Å². The van der Waals surface area contributed by atoms with E-state index >= 15 is 0 Å². The fraction of sp³-hybridized carbons (Fsp3) is 0.800. The summed E-state index contributed by atoms with van der Waals surface area (Å²) in [7, 11) is -3.83. The van der Waals surface area contributed by atoms with Gasteiger partial charge >= 0.3 is 7.60 Å². The smallest absolute Gasteiger partial charge is 0.324 e. The van der Waals surface area contributed by atoms with E-state index in [4.69, 9.17) is 0 Å². The van der Waals surface area contributed by atoms with Crippen LogP contribution in [0.25, 0.3) is 0 Å². The first-order chi connectivity index (χ1) is 6.57. The van der Waals surface area contributed by atoms with Gasteiger partial charge in [-0.1, -0.05) is 12.2 Å². The Labute approximate surface area is 83.4 Å². The highest BCUT2D eigenvalue weighted by molar-refractivity contribution is 7.52. The van der Waals surface area contributed by atoms with Crippen molar-refractivity contribution in [2.75, 3.05) is 0 Å². The molecular weight excluding hydrogens is 199 g/mol. The molecule has 5 unspecified atom stereocenters. The maximum absolute atomic E-state index is 11.3. The molecule has 0 amide bonds. The first-order valence-corrected chi connectivity index (χ1v) is 6.97. The van der Waals surface area contributed by atoms with Crippen molar-refractivity contribution in [1.29, 1.82) is 0 Å². The lowest BCUT2D eigenvalue weighted by Crippen LogP contribution is -2.28. The van der Waals surface area contributed by atoms with E-state index in [0.29, 0.717) is 23.7 Å². The van der Waals surface area contributed by atoms with Crippen LogP contribution in [-0.2, 0) is 4.57 Å². The van der Waals surface area contributed by atoms with E-state index in [9.17, 15) is 14.4 Å². The Morgan fingerprint density at radius 3 is 2.71 bits per heavy atom. The molecule has 0 heterocycles. The van der Waals surface area contributed by atoms with Gasteiger partial charge in [0.1, 0.15) is 0 Å². The average Bonchev–Trinajstić information content (AvgIpc) is 2.74. The molecule has 3 rings (SSSR count). The first-order valence-electron chi connectivity index (χ1n) is 5.29. The SMILES string of the molecule is O=P(O)(O)C1CC2CC1C1CC=CC21. The zero-order chi connectivity index (χ0) is 9.92. The predicted octanol–water partition coefficient (Wildman–Crippen LogP) is 1.76. The predicted molar refractivity (Wildman–Crippen MR) is 52.8 cm³/mol. The topological polar surface area (TPSA) is 57.5 Å².